The Balaban J connectivity index is 1.58. The van der Waals surface area contributed by atoms with Gasteiger partial charge in [-0.2, -0.15) is 0 Å². The van der Waals surface area contributed by atoms with Gasteiger partial charge in [0, 0.05) is 12.1 Å². The molecule has 0 fully saturated rings. The van der Waals surface area contributed by atoms with Crippen molar-refractivity contribution in [2.24, 2.45) is 0 Å². The van der Waals surface area contributed by atoms with Crippen molar-refractivity contribution >= 4 is 17.4 Å². The Morgan fingerprint density at radius 3 is 2.44 bits per heavy atom. The number of carbonyl (C=O) groups excluding carboxylic acids is 1. The smallest absolute Gasteiger partial charge is 0.255 e. The molecule has 0 saturated carbocycles. The third kappa shape index (κ3) is 4.60. The molecule has 2 N–H and O–H groups in total. The van der Waals surface area contributed by atoms with Crippen LogP contribution in [0.2, 0.25) is 0 Å². The summed E-state index contributed by atoms with van der Waals surface area (Å²) in [7, 11) is 0. The van der Waals surface area contributed by atoms with Crippen molar-refractivity contribution in [3.63, 3.8) is 0 Å². The normalized spacial score (nSPS) is 10.3. The molecule has 0 aliphatic rings. The van der Waals surface area contributed by atoms with E-state index in [0.29, 0.717) is 18.1 Å². The molecule has 2 aromatic carbocycles. The molecular formula is C19H15F2N3O. The van der Waals surface area contributed by atoms with Crippen LogP contribution in [0.3, 0.4) is 0 Å². The van der Waals surface area contributed by atoms with Gasteiger partial charge in [0.2, 0.25) is 0 Å². The number of hydrogen-bond donors (Lipinski definition) is 2. The molecule has 0 radical (unpaired) electrons. The minimum absolute atomic E-state index is 0.235. The molecule has 0 bridgehead atoms. The van der Waals surface area contributed by atoms with Crippen molar-refractivity contribution in [2.45, 2.75) is 6.54 Å². The van der Waals surface area contributed by atoms with Crippen LogP contribution in [0.25, 0.3) is 0 Å². The zero-order valence-corrected chi connectivity index (χ0v) is 13.2. The second-order valence-corrected chi connectivity index (χ2v) is 5.38. The van der Waals surface area contributed by atoms with E-state index in [1.54, 1.807) is 24.3 Å². The molecule has 0 aliphatic heterocycles. The molecule has 1 amide bonds. The summed E-state index contributed by atoms with van der Waals surface area (Å²) in [6, 6.07) is 15.0. The zero-order valence-electron chi connectivity index (χ0n) is 13.2. The summed E-state index contributed by atoms with van der Waals surface area (Å²) in [5.41, 5.74) is 1.66. The van der Waals surface area contributed by atoms with Gasteiger partial charge >= 0.3 is 0 Å². The molecular weight excluding hydrogens is 324 g/mol. The number of nitrogens with one attached hydrogen (secondary N) is 2. The second-order valence-electron chi connectivity index (χ2n) is 5.38. The largest absolute Gasteiger partial charge is 0.366 e. The highest BCUT2D eigenvalue weighted by Gasteiger charge is 2.07. The lowest BCUT2D eigenvalue weighted by Gasteiger charge is -2.08. The van der Waals surface area contributed by atoms with E-state index in [9.17, 15) is 13.6 Å². The zero-order chi connectivity index (χ0) is 17.6. The molecule has 0 unspecified atom stereocenters. The topological polar surface area (TPSA) is 54.0 Å². The fraction of sp³-hybridized carbons (Fsp3) is 0.0526. The van der Waals surface area contributed by atoms with E-state index in [1.807, 2.05) is 0 Å². The first kappa shape index (κ1) is 16.6. The van der Waals surface area contributed by atoms with Gasteiger partial charge in [-0.15, -0.1) is 0 Å². The molecule has 3 aromatic rings. The summed E-state index contributed by atoms with van der Waals surface area (Å²) in [5.74, 6) is -0.534. The molecule has 1 aromatic heterocycles. The summed E-state index contributed by atoms with van der Waals surface area (Å²) >= 11 is 0. The van der Waals surface area contributed by atoms with Gasteiger partial charge in [0.1, 0.15) is 17.5 Å². The van der Waals surface area contributed by atoms with Gasteiger partial charge in [-0.25, -0.2) is 13.8 Å². The van der Waals surface area contributed by atoms with Crippen molar-refractivity contribution in [3.05, 3.63) is 89.6 Å². The molecule has 0 saturated heterocycles. The predicted molar refractivity (Wildman–Crippen MR) is 92.3 cm³/mol. The first-order valence-corrected chi connectivity index (χ1v) is 7.61. The fourth-order valence-electron chi connectivity index (χ4n) is 2.20. The highest BCUT2D eigenvalue weighted by molar-refractivity contribution is 6.04. The van der Waals surface area contributed by atoms with Gasteiger partial charge in [0.05, 0.1) is 11.9 Å². The lowest BCUT2D eigenvalue weighted by Crippen LogP contribution is -2.12. The average Bonchev–Trinajstić information content (AvgIpc) is 2.62. The van der Waals surface area contributed by atoms with E-state index < -0.39 is 11.7 Å². The van der Waals surface area contributed by atoms with Gasteiger partial charge in [-0.05, 0) is 48.0 Å². The quantitative estimate of drug-likeness (QED) is 0.732. The minimum atomic E-state index is -0.467. The van der Waals surface area contributed by atoms with Gasteiger partial charge in [-0.3, -0.25) is 4.79 Å². The third-order valence-corrected chi connectivity index (χ3v) is 3.50. The van der Waals surface area contributed by atoms with E-state index in [4.69, 9.17) is 0 Å². The summed E-state index contributed by atoms with van der Waals surface area (Å²) in [4.78, 5) is 16.2. The number of benzene rings is 2. The molecule has 0 aliphatic carbocycles. The number of nitrogens with zero attached hydrogens (tertiary/aromatic N) is 1. The third-order valence-electron chi connectivity index (χ3n) is 3.50. The molecule has 0 atom stereocenters. The Morgan fingerprint density at radius 2 is 1.76 bits per heavy atom. The summed E-state index contributed by atoms with van der Waals surface area (Å²) in [6.45, 7) is 0.502. The van der Waals surface area contributed by atoms with E-state index in [2.05, 4.69) is 15.6 Å². The first-order chi connectivity index (χ1) is 12.1. The lowest BCUT2D eigenvalue weighted by molar-refractivity contribution is 0.102. The number of hydrogen-bond acceptors (Lipinski definition) is 3. The van der Waals surface area contributed by atoms with Crippen LogP contribution in [0.15, 0.2) is 66.9 Å². The van der Waals surface area contributed by atoms with E-state index in [1.165, 1.54) is 42.6 Å². The molecule has 1 heterocycles. The lowest BCUT2D eigenvalue weighted by atomic mass is 10.2. The van der Waals surface area contributed by atoms with E-state index in [0.717, 1.165) is 5.56 Å². The Hall–Kier alpha value is -3.28. The Morgan fingerprint density at radius 1 is 0.960 bits per heavy atom. The Labute approximate surface area is 143 Å². The molecule has 4 nitrogen and oxygen atoms in total. The number of anilines is 2. The number of aromatic nitrogens is 1. The monoisotopic (exact) mass is 339 g/mol. The van der Waals surface area contributed by atoms with Gasteiger partial charge in [-0.1, -0.05) is 18.2 Å². The number of rotatable bonds is 5. The molecule has 25 heavy (non-hydrogen) atoms. The Kier molecular flexibility index (Phi) is 4.99. The fourth-order valence-corrected chi connectivity index (χ4v) is 2.20. The first-order valence-electron chi connectivity index (χ1n) is 7.61. The number of amides is 1. The maximum absolute atomic E-state index is 13.1. The van der Waals surface area contributed by atoms with Gasteiger partial charge in [0.25, 0.3) is 5.91 Å². The van der Waals surface area contributed by atoms with Gasteiger partial charge in [0.15, 0.2) is 0 Å². The average molecular weight is 339 g/mol. The standard InChI is InChI=1S/C19H15F2N3O/c20-15-6-4-13(5-7-15)11-22-18-9-8-17(12-23-18)24-19(25)14-2-1-3-16(21)10-14/h1-10,12H,11H2,(H,22,23)(H,24,25). The Bertz CT molecular complexity index is 865. The van der Waals surface area contributed by atoms with Crippen molar-refractivity contribution in [2.75, 3.05) is 10.6 Å². The van der Waals surface area contributed by atoms with E-state index in [-0.39, 0.29) is 11.4 Å². The number of halogens is 2. The van der Waals surface area contributed by atoms with Gasteiger partial charge < -0.3 is 10.6 Å². The van der Waals surface area contributed by atoms with Crippen molar-refractivity contribution in [1.82, 2.24) is 4.98 Å². The van der Waals surface area contributed by atoms with Crippen LogP contribution in [0.1, 0.15) is 15.9 Å². The maximum atomic E-state index is 13.1. The van der Waals surface area contributed by atoms with Crippen LogP contribution < -0.4 is 10.6 Å². The summed E-state index contributed by atoms with van der Waals surface area (Å²) < 4.78 is 26.0. The predicted octanol–water partition coefficient (Wildman–Crippen LogP) is 4.22. The van der Waals surface area contributed by atoms with Crippen LogP contribution in [0.4, 0.5) is 20.3 Å². The summed E-state index contributed by atoms with van der Waals surface area (Å²) in [5, 5.41) is 5.76. The van der Waals surface area contributed by atoms with Crippen molar-refractivity contribution in [3.8, 4) is 0 Å². The summed E-state index contributed by atoms with van der Waals surface area (Å²) in [6.07, 6.45) is 1.50. The molecule has 6 heteroatoms. The van der Waals surface area contributed by atoms with Crippen LogP contribution in [-0.2, 0) is 6.54 Å². The van der Waals surface area contributed by atoms with E-state index >= 15 is 0 Å². The molecule has 3 rings (SSSR count). The van der Waals surface area contributed by atoms with Crippen LogP contribution in [-0.4, -0.2) is 10.9 Å². The van der Waals surface area contributed by atoms with Crippen LogP contribution in [0.5, 0.6) is 0 Å². The highest BCUT2D eigenvalue weighted by Crippen LogP contribution is 2.13. The maximum Gasteiger partial charge on any atom is 0.255 e. The van der Waals surface area contributed by atoms with Crippen LogP contribution >= 0.6 is 0 Å². The second kappa shape index (κ2) is 7.53. The molecule has 0 spiro atoms. The number of pyridine rings is 1. The van der Waals surface area contributed by atoms with Crippen LogP contribution in [0, 0.1) is 11.6 Å². The minimum Gasteiger partial charge on any atom is -0.366 e. The van der Waals surface area contributed by atoms with Crippen molar-refractivity contribution in [1.29, 1.82) is 0 Å². The molecule has 126 valence electrons. The highest BCUT2D eigenvalue weighted by atomic mass is 19.1. The van der Waals surface area contributed by atoms with Crippen molar-refractivity contribution < 1.29 is 13.6 Å². The SMILES string of the molecule is O=C(Nc1ccc(NCc2ccc(F)cc2)nc1)c1cccc(F)c1. The number of carbonyl (C=O) groups is 1.